The first-order chi connectivity index (χ1) is 7.09. The number of hydrogen-bond acceptors (Lipinski definition) is 3. The van der Waals surface area contributed by atoms with Crippen LogP contribution in [0.5, 0.6) is 0 Å². The molecule has 1 aliphatic rings. The second-order valence-corrected chi connectivity index (χ2v) is 3.75. The van der Waals surface area contributed by atoms with Crippen LogP contribution < -0.4 is 0 Å². The molecule has 0 fully saturated rings. The number of carboxylic acid groups (broad SMARTS) is 1. The monoisotopic (exact) mass is 268 g/mol. The SMILES string of the molecule is O=C(O)/C=C1\OC(=O)c2cccc(Br)c21. The fourth-order valence-corrected chi connectivity index (χ4v) is 1.93. The molecule has 0 saturated carbocycles. The molecule has 1 aromatic carbocycles. The lowest BCUT2D eigenvalue weighted by atomic mass is 10.1. The molecule has 76 valence electrons. The van der Waals surface area contributed by atoms with Gasteiger partial charge in [-0.2, -0.15) is 0 Å². The van der Waals surface area contributed by atoms with Crippen LogP contribution in [0.4, 0.5) is 0 Å². The van der Waals surface area contributed by atoms with Crippen molar-refractivity contribution in [3.8, 4) is 0 Å². The third kappa shape index (κ3) is 1.66. The van der Waals surface area contributed by atoms with Crippen molar-refractivity contribution in [2.45, 2.75) is 0 Å². The number of carbonyl (C=O) groups is 2. The molecule has 0 aromatic heterocycles. The van der Waals surface area contributed by atoms with E-state index in [9.17, 15) is 9.59 Å². The highest BCUT2D eigenvalue weighted by atomic mass is 79.9. The Labute approximate surface area is 93.3 Å². The molecule has 0 bridgehead atoms. The summed E-state index contributed by atoms with van der Waals surface area (Å²) in [6.45, 7) is 0. The Kier molecular flexibility index (Phi) is 2.32. The highest BCUT2D eigenvalue weighted by molar-refractivity contribution is 9.10. The Morgan fingerprint density at radius 3 is 2.87 bits per heavy atom. The van der Waals surface area contributed by atoms with Crippen LogP contribution >= 0.6 is 15.9 Å². The van der Waals surface area contributed by atoms with E-state index in [-0.39, 0.29) is 5.76 Å². The quantitative estimate of drug-likeness (QED) is 0.626. The maximum absolute atomic E-state index is 11.3. The van der Waals surface area contributed by atoms with E-state index in [2.05, 4.69) is 15.9 Å². The summed E-state index contributed by atoms with van der Waals surface area (Å²) in [4.78, 5) is 21.8. The number of rotatable bonds is 1. The average Bonchev–Trinajstić information content (AvgIpc) is 2.44. The molecule has 0 amide bonds. The molecule has 1 aromatic rings. The van der Waals surface area contributed by atoms with Crippen LogP contribution in [0.3, 0.4) is 0 Å². The highest BCUT2D eigenvalue weighted by Crippen LogP contribution is 2.35. The molecule has 1 aliphatic heterocycles. The van der Waals surface area contributed by atoms with Crippen molar-refractivity contribution in [2.75, 3.05) is 0 Å². The predicted molar refractivity (Wildman–Crippen MR) is 55.2 cm³/mol. The third-order valence-electron chi connectivity index (χ3n) is 1.94. The highest BCUT2D eigenvalue weighted by Gasteiger charge is 2.28. The summed E-state index contributed by atoms with van der Waals surface area (Å²) in [5.41, 5.74) is 0.863. The van der Waals surface area contributed by atoms with Crippen molar-refractivity contribution in [2.24, 2.45) is 0 Å². The van der Waals surface area contributed by atoms with E-state index in [1.165, 1.54) is 0 Å². The van der Waals surface area contributed by atoms with E-state index in [0.717, 1.165) is 6.08 Å². The van der Waals surface area contributed by atoms with Crippen LogP contribution in [0.1, 0.15) is 15.9 Å². The van der Waals surface area contributed by atoms with Crippen molar-refractivity contribution in [3.05, 3.63) is 39.9 Å². The number of ether oxygens (including phenoxy) is 1. The fraction of sp³-hybridized carbons (Fsp3) is 0. The Bertz CT molecular complexity index is 490. The Hall–Kier alpha value is -1.62. The first-order valence-electron chi connectivity index (χ1n) is 4.05. The van der Waals surface area contributed by atoms with Gasteiger partial charge in [0.15, 0.2) is 0 Å². The predicted octanol–water partition coefficient (Wildman–Crippen LogP) is 2.05. The number of cyclic esters (lactones) is 1. The minimum Gasteiger partial charge on any atom is -0.478 e. The van der Waals surface area contributed by atoms with E-state index in [1.807, 2.05) is 0 Å². The van der Waals surface area contributed by atoms with Gasteiger partial charge in [-0.25, -0.2) is 9.59 Å². The molecular formula is C10H5BrO4. The van der Waals surface area contributed by atoms with Gasteiger partial charge in [0.05, 0.1) is 11.6 Å². The van der Waals surface area contributed by atoms with Crippen molar-refractivity contribution >= 4 is 33.6 Å². The smallest absolute Gasteiger partial charge is 0.344 e. The maximum Gasteiger partial charge on any atom is 0.344 e. The summed E-state index contributed by atoms with van der Waals surface area (Å²) in [5, 5.41) is 8.59. The summed E-state index contributed by atoms with van der Waals surface area (Å²) < 4.78 is 5.47. The lowest BCUT2D eigenvalue weighted by Gasteiger charge is -1.98. The molecular weight excluding hydrogens is 264 g/mol. The average molecular weight is 269 g/mol. The third-order valence-corrected chi connectivity index (χ3v) is 2.60. The minimum atomic E-state index is -1.15. The summed E-state index contributed by atoms with van der Waals surface area (Å²) in [5.74, 6) is -1.62. The van der Waals surface area contributed by atoms with Crippen LogP contribution in [0.25, 0.3) is 5.76 Å². The Balaban J connectivity index is 2.63. The van der Waals surface area contributed by atoms with Gasteiger partial charge in [0.1, 0.15) is 5.76 Å². The zero-order valence-electron chi connectivity index (χ0n) is 7.36. The molecule has 0 spiro atoms. The summed E-state index contributed by atoms with van der Waals surface area (Å²) in [6, 6.07) is 5.00. The lowest BCUT2D eigenvalue weighted by Crippen LogP contribution is -1.93. The van der Waals surface area contributed by atoms with Crippen molar-refractivity contribution < 1.29 is 19.4 Å². The van der Waals surface area contributed by atoms with Crippen molar-refractivity contribution in [3.63, 3.8) is 0 Å². The second kappa shape index (κ2) is 3.51. The van der Waals surface area contributed by atoms with E-state index >= 15 is 0 Å². The van der Waals surface area contributed by atoms with Crippen LogP contribution in [0, 0.1) is 0 Å². The molecule has 0 atom stereocenters. The van der Waals surface area contributed by atoms with Gasteiger partial charge in [-0.3, -0.25) is 0 Å². The zero-order chi connectivity index (χ0) is 11.0. The number of carbonyl (C=O) groups excluding carboxylic acids is 1. The summed E-state index contributed by atoms with van der Waals surface area (Å²) in [7, 11) is 0. The van der Waals surface area contributed by atoms with Gasteiger partial charge in [0, 0.05) is 10.0 Å². The molecule has 5 heteroatoms. The van der Waals surface area contributed by atoms with Crippen LogP contribution in [-0.2, 0) is 9.53 Å². The van der Waals surface area contributed by atoms with Gasteiger partial charge in [-0.15, -0.1) is 0 Å². The minimum absolute atomic E-state index is 0.0648. The van der Waals surface area contributed by atoms with Gasteiger partial charge in [-0.1, -0.05) is 22.0 Å². The number of fused-ring (bicyclic) bond motifs is 1. The van der Waals surface area contributed by atoms with E-state index in [1.54, 1.807) is 18.2 Å². The lowest BCUT2D eigenvalue weighted by molar-refractivity contribution is -0.131. The molecule has 1 heterocycles. The molecule has 1 N–H and O–H groups in total. The molecule has 0 aliphatic carbocycles. The van der Waals surface area contributed by atoms with Gasteiger partial charge in [0.25, 0.3) is 0 Å². The Morgan fingerprint density at radius 1 is 1.47 bits per heavy atom. The molecule has 4 nitrogen and oxygen atoms in total. The molecule has 0 unspecified atom stereocenters. The van der Waals surface area contributed by atoms with Crippen molar-refractivity contribution in [1.29, 1.82) is 0 Å². The number of aliphatic carboxylic acids is 1. The zero-order valence-corrected chi connectivity index (χ0v) is 8.95. The number of carboxylic acids is 1. The van der Waals surface area contributed by atoms with E-state index in [0.29, 0.717) is 15.6 Å². The summed E-state index contributed by atoms with van der Waals surface area (Å²) >= 11 is 3.24. The summed E-state index contributed by atoms with van der Waals surface area (Å²) in [6.07, 6.45) is 0.870. The maximum atomic E-state index is 11.3. The van der Waals surface area contributed by atoms with Crippen LogP contribution in [0.15, 0.2) is 28.7 Å². The number of halogens is 1. The first kappa shape index (κ1) is 9.92. The second-order valence-electron chi connectivity index (χ2n) is 2.90. The molecule has 15 heavy (non-hydrogen) atoms. The van der Waals surface area contributed by atoms with Gasteiger partial charge in [-0.05, 0) is 12.1 Å². The largest absolute Gasteiger partial charge is 0.478 e. The molecule has 0 saturated heterocycles. The number of benzene rings is 1. The fourth-order valence-electron chi connectivity index (χ4n) is 1.36. The van der Waals surface area contributed by atoms with E-state index in [4.69, 9.17) is 9.84 Å². The van der Waals surface area contributed by atoms with Gasteiger partial charge < -0.3 is 9.84 Å². The topological polar surface area (TPSA) is 63.6 Å². The standard InChI is InChI=1S/C10H5BrO4/c11-6-3-1-2-5-9(6)7(4-8(12)13)15-10(5)14/h1-4H,(H,12,13)/b7-4-. The van der Waals surface area contributed by atoms with Crippen LogP contribution in [0.2, 0.25) is 0 Å². The normalized spacial score (nSPS) is 16.3. The van der Waals surface area contributed by atoms with E-state index < -0.39 is 11.9 Å². The van der Waals surface area contributed by atoms with Crippen LogP contribution in [-0.4, -0.2) is 17.0 Å². The van der Waals surface area contributed by atoms with Crippen molar-refractivity contribution in [1.82, 2.24) is 0 Å². The van der Waals surface area contributed by atoms with Gasteiger partial charge in [0.2, 0.25) is 0 Å². The van der Waals surface area contributed by atoms with Gasteiger partial charge >= 0.3 is 11.9 Å². The number of esters is 1. The first-order valence-corrected chi connectivity index (χ1v) is 4.84. The number of hydrogen-bond donors (Lipinski definition) is 1. The molecule has 0 radical (unpaired) electrons. The Morgan fingerprint density at radius 2 is 2.20 bits per heavy atom. The molecule has 2 rings (SSSR count).